The predicted octanol–water partition coefficient (Wildman–Crippen LogP) is 4.46. The van der Waals surface area contributed by atoms with Crippen molar-refractivity contribution >= 4 is 22.1 Å². The molecule has 0 atom stereocenters. The lowest BCUT2D eigenvalue weighted by Gasteiger charge is -2.08. The van der Waals surface area contributed by atoms with Crippen molar-refractivity contribution in [1.82, 2.24) is 0 Å². The number of fused-ring (bicyclic) bond motifs is 1. The van der Waals surface area contributed by atoms with Crippen LogP contribution >= 0.6 is 0 Å². The van der Waals surface area contributed by atoms with Gasteiger partial charge in [-0.25, -0.2) is 0 Å². The van der Waals surface area contributed by atoms with Crippen molar-refractivity contribution in [1.29, 1.82) is 0 Å². The van der Waals surface area contributed by atoms with Gasteiger partial charge in [0.2, 0.25) is 5.75 Å². The van der Waals surface area contributed by atoms with Gasteiger partial charge in [0, 0.05) is 6.07 Å². The number of nitrogens with zero attached hydrogens (tertiary/aromatic N) is 2. The Bertz CT molecular complexity index is 986. The summed E-state index contributed by atoms with van der Waals surface area (Å²) in [6, 6.07) is 13.9. The van der Waals surface area contributed by atoms with E-state index < -0.39 is 15.5 Å². The van der Waals surface area contributed by atoms with Crippen molar-refractivity contribution in [2.75, 3.05) is 7.11 Å². The van der Waals surface area contributed by atoms with Crippen molar-refractivity contribution in [3.63, 3.8) is 0 Å². The van der Waals surface area contributed by atoms with Crippen LogP contribution in [0.5, 0.6) is 17.2 Å². The number of benzene rings is 3. The minimum absolute atomic E-state index is 0.0714. The molecule has 0 amide bonds. The molecule has 0 unspecified atom stereocenters. The van der Waals surface area contributed by atoms with Gasteiger partial charge < -0.3 is 9.47 Å². The highest BCUT2D eigenvalue weighted by Gasteiger charge is 2.21. The predicted molar refractivity (Wildman–Crippen MR) is 90.3 cm³/mol. The molecule has 0 aliphatic carbocycles. The Labute approximate surface area is 141 Å². The van der Waals surface area contributed by atoms with Crippen LogP contribution in [0.1, 0.15) is 0 Å². The molecule has 25 heavy (non-hydrogen) atoms. The van der Waals surface area contributed by atoms with Crippen LogP contribution in [0.25, 0.3) is 10.8 Å². The first-order chi connectivity index (χ1) is 12.0. The topological polar surface area (TPSA) is 105 Å². The third kappa shape index (κ3) is 3.32. The van der Waals surface area contributed by atoms with Crippen LogP contribution < -0.4 is 9.47 Å². The van der Waals surface area contributed by atoms with Crippen LogP contribution in [-0.4, -0.2) is 17.0 Å². The average molecular weight is 340 g/mol. The minimum atomic E-state index is -0.716. The number of non-ortho nitro benzene ring substituents is 1. The van der Waals surface area contributed by atoms with Gasteiger partial charge >= 0.3 is 5.69 Å². The van der Waals surface area contributed by atoms with E-state index in [1.807, 2.05) is 18.2 Å². The second-order valence-corrected chi connectivity index (χ2v) is 5.14. The third-order valence-electron chi connectivity index (χ3n) is 3.60. The largest absolute Gasteiger partial charge is 0.497 e. The Morgan fingerprint density at radius 1 is 0.800 bits per heavy atom. The standard InChI is InChI=1S/C17H12N2O6/c1-24-14-5-2-11-3-6-15(9-12(11)8-14)25-17-7-4-13(18(20)21)10-16(17)19(22)23/h2-10H,1H3. The molecule has 0 heterocycles. The molecular weight excluding hydrogens is 328 g/mol. The van der Waals surface area contributed by atoms with Gasteiger partial charge in [0.05, 0.1) is 23.0 Å². The number of ether oxygens (including phenoxy) is 2. The van der Waals surface area contributed by atoms with Gasteiger partial charge in [-0.15, -0.1) is 0 Å². The van der Waals surface area contributed by atoms with E-state index >= 15 is 0 Å². The molecule has 3 aromatic carbocycles. The van der Waals surface area contributed by atoms with Crippen LogP contribution in [-0.2, 0) is 0 Å². The molecule has 0 aliphatic heterocycles. The summed E-state index contributed by atoms with van der Waals surface area (Å²) in [7, 11) is 1.56. The van der Waals surface area contributed by atoms with E-state index in [0.29, 0.717) is 11.5 Å². The molecule has 0 aromatic heterocycles. The van der Waals surface area contributed by atoms with Crippen molar-refractivity contribution in [2.24, 2.45) is 0 Å². The van der Waals surface area contributed by atoms with E-state index in [9.17, 15) is 20.2 Å². The van der Waals surface area contributed by atoms with Gasteiger partial charge in [-0.2, -0.15) is 0 Å². The van der Waals surface area contributed by atoms with E-state index in [1.54, 1.807) is 25.3 Å². The summed E-state index contributed by atoms with van der Waals surface area (Å²) in [5.74, 6) is 0.974. The second-order valence-electron chi connectivity index (χ2n) is 5.14. The zero-order valence-corrected chi connectivity index (χ0v) is 13.0. The van der Waals surface area contributed by atoms with Crippen molar-refractivity contribution in [3.05, 3.63) is 74.8 Å². The summed E-state index contributed by atoms with van der Waals surface area (Å²) in [6.45, 7) is 0. The summed E-state index contributed by atoms with van der Waals surface area (Å²) >= 11 is 0. The maximum absolute atomic E-state index is 11.2. The molecule has 0 fully saturated rings. The lowest BCUT2D eigenvalue weighted by atomic mass is 10.1. The highest BCUT2D eigenvalue weighted by molar-refractivity contribution is 5.85. The Morgan fingerprint density at radius 2 is 1.48 bits per heavy atom. The maximum Gasteiger partial charge on any atom is 0.318 e. The van der Waals surface area contributed by atoms with Crippen LogP contribution in [0.15, 0.2) is 54.6 Å². The first-order valence-corrected chi connectivity index (χ1v) is 7.16. The number of hydrogen-bond donors (Lipinski definition) is 0. The van der Waals surface area contributed by atoms with Crippen LogP contribution in [0.2, 0.25) is 0 Å². The van der Waals surface area contributed by atoms with Crippen molar-refractivity contribution in [2.45, 2.75) is 0 Å². The van der Waals surface area contributed by atoms with E-state index in [0.717, 1.165) is 22.9 Å². The van der Waals surface area contributed by atoms with Gasteiger partial charge in [-0.05, 0) is 41.1 Å². The summed E-state index contributed by atoms with van der Waals surface area (Å²) in [6.07, 6.45) is 0. The van der Waals surface area contributed by atoms with Crippen LogP contribution in [0.4, 0.5) is 11.4 Å². The van der Waals surface area contributed by atoms with Gasteiger partial charge in [0.1, 0.15) is 11.5 Å². The fourth-order valence-corrected chi connectivity index (χ4v) is 2.37. The lowest BCUT2D eigenvalue weighted by molar-refractivity contribution is -0.394. The Morgan fingerprint density at radius 3 is 2.12 bits per heavy atom. The Balaban J connectivity index is 2.00. The number of rotatable bonds is 5. The van der Waals surface area contributed by atoms with Crippen LogP contribution in [0.3, 0.4) is 0 Å². The molecule has 126 valence electrons. The van der Waals surface area contributed by atoms with E-state index in [-0.39, 0.29) is 11.4 Å². The zero-order valence-electron chi connectivity index (χ0n) is 13.0. The molecule has 0 saturated carbocycles. The zero-order chi connectivity index (χ0) is 18.0. The summed E-state index contributed by atoms with van der Waals surface area (Å²) in [4.78, 5) is 20.5. The van der Waals surface area contributed by atoms with E-state index in [2.05, 4.69) is 0 Å². The average Bonchev–Trinajstić information content (AvgIpc) is 2.61. The second kappa shape index (κ2) is 6.44. The highest BCUT2D eigenvalue weighted by atomic mass is 16.6. The first kappa shape index (κ1) is 16.2. The van der Waals surface area contributed by atoms with Gasteiger partial charge in [0.15, 0.2) is 0 Å². The first-order valence-electron chi connectivity index (χ1n) is 7.16. The maximum atomic E-state index is 11.2. The summed E-state index contributed by atoms with van der Waals surface area (Å²) in [5, 5.41) is 23.7. The fraction of sp³-hybridized carbons (Fsp3) is 0.0588. The number of hydrogen-bond acceptors (Lipinski definition) is 6. The molecule has 8 heteroatoms. The molecule has 0 spiro atoms. The molecule has 3 aromatic rings. The van der Waals surface area contributed by atoms with Gasteiger partial charge in [0.25, 0.3) is 5.69 Å². The molecule has 0 aliphatic rings. The molecule has 0 radical (unpaired) electrons. The molecule has 0 N–H and O–H groups in total. The van der Waals surface area contributed by atoms with Crippen LogP contribution in [0, 0.1) is 20.2 Å². The van der Waals surface area contributed by atoms with Gasteiger partial charge in [-0.3, -0.25) is 20.2 Å². The smallest absolute Gasteiger partial charge is 0.318 e. The third-order valence-corrected chi connectivity index (χ3v) is 3.60. The monoisotopic (exact) mass is 340 g/mol. The molecular formula is C17H12N2O6. The Hall–Kier alpha value is -3.68. The number of methoxy groups -OCH3 is 1. The molecule has 0 bridgehead atoms. The van der Waals surface area contributed by atoms with Gasteiger partial charge in [-0.1, -0.05) is 12.1 Å². The lowest BCUT2D eigenvalue weighted by Crippen LogP contribution is -1.96. The van der Waals surface area contributed by atoms with E-state index in [1.165, 1.54) is 6.07 Å². The molecule has 3 rings (SSSR count). The normalized spacial score (nSPS) is 10.4. The van der Waals surface area contributed by atoms with Crippen molar-refractivity contribution < 1.29 is 19.3 Å². The summed E-state index contributed by atoms with van der Waals surface area (Å²) < 4.78 is 10.8. The number of nitro benzene ring substituents is 2. The minimum Gasteiger partial charge on any atom is -0.497 e. The molecule has 8 nitrogen and oxygen atoms in total. The summed E-state index contributed by atoms with van der Waals surface area (Å²) in [5.41, 5.74) is -0.845. The fourth-order valence-electron chi connectivity index (χ4n) is 2.37. The van der Waals surface area contributed by atoms with E-state index in [4.69, 9.17) is 9.47 Å². The quantitative estimate of drug-likeness (QED) is 0.501. The van der Waals surface area contributed by atoms with Crippen molar-refractivity contribution in [3.8, 4) is 17.2 Å². The number of nitro groups is 2. The SMILES string of the molecule is COc1ccc2ccc(Oc3ccc([N+](=O)[O-])cc3[N+](=O)[O-])cc2c1. The highest BCUT2D eigenvalue weighted by Crippen LogP contribution is 2.35. The molecule has 0 saturated heterocycles. The Kier molecular flexibility index (Phi) is 4.17.